The molecule has 0 atom stereocenters. The van der Waals surface area contributed by atoms with Crippen molar-refractivity contribution in [2.45, 2.75) is 11.4 Å². The van der Waals surface area contributed by atoms with Gasteiger partial charge in [0.1, 0.15) is 5.75 Å². The van der Waals surface area contributed by atoms with Gasteiger partial charge in [0.15, 0.2) is 21.4 Å². The molecule has 0 bridgehead atoms. The number of hydrogen-bond acceptors (Lipinski definition) is 6. The summed E-state index contributed by atoms with van der Waals surface area (Å²) in [6.07, 6.45) is 2.78. The number of morpholine rings is 1. The lowest BCUT2D eigenvalue weighted by Gasteiger charge is -2.26. The zero-order valence-corrected chi connectivity index (χ0v) is 19.0. The molecule has 33 heavy (non-hydrogen) atoms. The van der Waals surface area contributed by atoms with Gasteiger partial charge in [0.25, 0.3) is 0 Å². The lowest BCUT2D eigenvalue weighted by Crippen LogP contribution is -2.35. The van der Waals surface area contributed by atoms with Crippen LogP contribution >= 0.6 is 0 Å². The summed E-state index contributed by atoms with van der Waals surface area (Å²) in [6, 6.07) is 14.5. The molecule has 2 aromatic carbocycles. The number of nitrogens with zero attached hydrogens (tertiary/aromatic N) is 1. The zero-order valence-electron chi connectivity index (χ0n) is 18.2. The molecule has 0 aliphatic carbocycles. The summed E-state index contributed by atoms with van der Waals surface area (Å²) in [6.45, 7) is 8.01. The molecule has 0 spiro atoms. The molecule has 0 unspecified atom stereocenters. The van der Waals surface area contributed by atoms with Gasteiger partial charge in [-0.2, -0.15) is 0 Å². The van der Waals surface area contributed by atoms with Crippen LogP contribution in [0.5, 0.6) is 0 Å². The van der Waals surface area contributed by atoms with Crippen LogP contribution in [0.25, 0.3) is 0 Å². The molecule has 0 amide bonds. The van der Waals surface area contributed by atoms with Crippen molar-refractivity contribution < 1.29 is 23.0 Å². The number of ether oxygens (including phenoxy) is 2. The molecule has 0 aromatic heterocycles. The maximum Gasteiger partial charge on any atom is 0.185 e. The summed E-state index contributed by atoms with van der Waals surface area (Å²) in [5.41, 5.74) is 3.14. The number of allylic oxidation sites excluding steroid dienone is 1. The van der Waals surface area contributed by atoms with Crippen LogP contribution in [0.2, 0.25) is 0 Å². The van der Waals surface area contributed by atoms with E-state index in [1.165, 1.54) is 30.0 Å². The van der Waals surface area contributed by atoms with E-state index < -0.39 is 15.6 Å². The third-order valence-corrected chi connectivity index (χ3v) is 7.03. The monoisotopic (exact) mass is 463 g/mol. The lowest BCUT2D eigenvalue weighted by atomic mass is 10.1. The Hall–Kier alpha value is -3.31. The van der Waals surface area contributed by atoms with Crippen LogP contribution in [-0.4, -0.2) is 50.5 Å². The van der Waals surface area contributed by atoms with Crippen LogP contribution < -0.4 is 0 Å². The normalized spacial score (nSPS) is 16.8. The molecule has 6 nitrogen and oxygen atoms in total. The molecular weight excluding hydrogens is 438 g/mol. The van der Waals surface area contributed by atoms with Crippen LogP contribution in [-0.2, 0) is 25.9 Å². The van der Waals surface area contributed by atoms with Crippen molar-refractivity contribution in [3.63, 3.8) is 0 Å². The summed E-state index contributed by atoms with van der Waals surface area (Å²) < 4.78 is 35.9. The number of hydrogen-bond donors (Lipinski definition) is 1. The first-order chi connectivity index (χ1) is 15.9. The van der Waals surface area contributed by atoms with Crippen molar-refractivity contribution in [2.75, 3.05) is 32.1 Å². The van der Waals surface area contributed by atoms with E-state index in [-0.39, 0.29) is 16.4 Å². The highest BCUT2D eigenvalue weighted by molar-refractivity contribution is 7.91. The minimum atomic E-state index is -3.70. The van der Waals surface area contributed by atoms with Crippen LogP contribution in [0.1, 0.15) is 16.7 Å². The lowest BCUT2D eigenvalue weighted by molar-refractivity contribution is 0.0342. The molecule has 2 aliphatic rings. The van der Waals surface area contributed by atoms with Crippen molar-refractivity contribution in [2.24, 2.45) is 0 Å². The summed E-state index contributed by atoms with van der Waals surface area (Å²) in [5.74, 6) is 5.44. The van der Waals surface area contributed by atoms with Gasteiger partial charge in [0, 0.05) is 36.3 Å². The van der Waals surface area contributed by atoms with Gasteiger partial charge in [-0.3, -0.25) is 4.90 Å². The van der Waals surface area contributed by atoms with Gasteiger partial charge in [-0.25, -0.2) is 8.42 Å². The molecule has 4 rings (SSSR count). The molecule has 1 N–H and O–H groups in total. The van der Waals surface area contributed by atoms with Crippen molar-refractivity contribution in [1.29, 1.82) is 0 Å². The number of benzene rings is 2. The molecule has 2 heterocycles. The highest BCUT2D eigenvalue weighted by atomic mass is 32.2. The average molecular weight is 464 g/mol. The van der Waals surface area contributed by atoms with Gasteiger partial charge >= 0.3 is 0 Å². The highest BCUT2D eigenvalue weighted by Gasteiger charge is 2.23. The minimum Gasteiger partial charge on any atom is -0.504 e. The van der Waals surface area contributed by atoms with Crippen molar-refractivity contribution in [1.82, 2.24) is 4.90 Å². The fraction of sp³-hybridized carbons (Fsp3) is 0.231. The average Bonchev–Trinajstić information content (AvgIpc) is 2.82. The Kier molecular flexibility index (Phi) is 6.99. The SMILES string of the molecule is C=C1C=COC(CS(=O)(=O)c2ccc(C#Cc3ccc(CN4CCOCC4)cc3)cc2)=C1O. The maximum absolute atomic E-state index is 12.7. The number of sulfone groups is 1. The van der Waals surface area contributed by atoms with E-state index in [1.807, 2.05) is 12.1 Å². The van der Waals surface area contributed by atoms with E-state index in [4.69, 9.17) is 9.47 Å². The summed E-state index contributed by atoms with van der Waals surface area (Å²) in [7, 11) is -3.70. The fourth-order valence-corrected chi connectivity index (χ4v) is 4.74. The van der Waals surface area contributed by atoms with Crippen molar-refractivity contribution in [3.8, 4) is 11.8 Å². The first-order valence-corrected chi connectivity index (χ1v) is 12.2. The second kappa shape index (κ2) is 10.1. The first-order valence-electron chi connectivity index (χ1n) is 10.6. The van der Waals surface area contributed by atoms with Gasteiger partial charge in [-0.1, -0.05) is 30.6 Å². The Morgan fingerprint density at radius 2 is 1.58 bits per heavy atom. The van der Waals surface area contributed by atoms with Crippen molar-refractivity contribution >= 4 is 9.84 Å². The third-order valence-electron chi connectivity index (χ3n) is 5.40. The Balaban J connectivity index is 1.40. The Morgan fingerprint density at radius 3 is 2.21 bits per heavy atom. The Bertz CT molecular complexity index is 1240. The summed E-state index contributed by atoms with van der Waals surface area (Å²) in [4.78, 5) is 2.50. The smallest absolute Gasteiger partial charge is 0.185 e. The Morgan fingerprint density at radius 1 is 0.970 bits per heavy atom. The van der Waals surface area contributed by atoms with E-state index >= 15 is 0 Å². The summed E-state index contributed by atoms with van der Waals surface area (Å²) in [5, 5.41) is 9.98. The van der Waals surface area contributed by atoms with Gasteiger partial charge in [0.05, 0.1) is 24.4 Å². The number of aliphatic hydroxyl groups excluding tert-OH is 1. The zero-order chi connectivity index (χ0) is 23.3. The highest BCUT2D eigenvalue weighted by Crippen LogP contribution is 2.23. The van der Waals surface area contributed by atoms with E-state index in [0.29, 0.717) is 11.1 Å². The molecule has 0 radical (unpaired) electrons. The van der Waals surface area contributed by atoms with Gasteiger partial charge in [-0.05, 0) is 48.0 Å². The predicted molar refractivity (Wildman–Crippen MR) is 126 cm³/mol. The second-order valence-corrected chi connectivity index (χ2v) is 9.83. The van der Waals surface area contributed by atoms with E-state index in [0.717, 1.165) is 38.4 Å². The number of rotatable bonds is 5. The second-order valence-electron chi connectivity index (χ2n) is 7.84. The minimum absolute atomic E-state index is 0.0385. The molecule has 1 saturated heterocycles. The first kappa shape index (κ1) is 22.9. The molecule has 1 fully saturated rings. The van der Waals surface area contributed by atoms with Crippen LogP contribution in [0.15, 0.2) is 89.4 Å². The van der Waals surface area contributed by atoms with Crippen LogP contribution in [0.3, 0.4) is 0 Å². The van der Waals surface area contributed by atoms with Crippen LogP contribution in [0, 0.1) is 11.8 Å². The molecule has 0 saturated carbocycles. The van der Waals surface area contributed by atoms with E-state index in [1.54, 1.807) is 12.1 Å². The quantitative estimate of drug-likeness (QED) is 0.684. The number of aliphatic hydroxyl groups is 1. The maximum atomic E-state index is 12.7. The molecular formula is C26H25NO5S. The molecule has 2 aromatic rings. The third kappa shape index (κ3) is 5.93. The van der Waals surface area contributed by atoms with Crippen molar-refractivity contribution in [3.05, 3.63) is 101 Å². The summed E-state index contributed by atoms with van der Waals surface area (Å²) >= 11 is 0. The van der Waals surface area contributed by atoms with E-state index in [2.05, 4.69) is 35.5 Å². The Labute approximate surface area is 194 Å². The molecule has 2 aliphatic heterocycles. The molecule has 7 heteroatoms. The van der Waals surface area contributed by atoms with Gasteiger partial charge < -0.3 is 14.6 Å². The predicted octanol–water partition coefficient (Wildman–Crippen LogP) is 3.56. The standard InChI is InChI=1S/C26H25NO5S/c1-20-12-15-32-25(26(20)28)19-33(29,30)24-10-8-22(9-11-24)3-2-21-4-6-23(7-5-21)18-27-13-16-31-17-14-27/h4-12,15,28H,1,13-14,16-19H2. The van der Waals surface area contributed by atoms with Gasteiger partial charge in [-0.15, -0.1) is 0 Å². The molecule has 170 valence electrons. The van der Waals surface area contributed by atoms with Crippen LogP contribution in [0.4, 0.5) is 0 Å². The fourth-order valence-electron chi connectivity index (χ4n) is 3.47. The topological polar surface area (TPSA) is 76.1 Å². The van der Waals surface area contributed by atoms with E-state index in [9.17, 15) is 13.5 Å². The van der Waals surface area contributed by atoms with Gasteiger partial charge in [0.2, 0.25) is 0 Å². The largest absolute Gasteiger partial charge is 0.504 e.